The van der Waals surface area contributed by atoms with Crippen LogP contribution in [0.5, 0.6) is 0 Å². The molecular weight excluding hydrogens is 287 g/mol. The summed E-state index contributed by atoms with van der Waals surface area (Å²) in [5.41, 5.74) is 1.40. The van der Waals surface area contributed by atoms with Crippen LogP contribution in [0.1, 0.15) is 69.4 Å². The largest absolute Gasteiger partial charge is 1.00 e. The zero-order valence-corrected chi connectivity index (χ0v) is 15.6. The second-order valence-electron chi connectivity index (χ2n) is 7.49. The first-order chi connectivity index (χ1) is 11.4. The maximum Gasteiger partial charge on any atom is 1.00 e. The molecule has 0 aromatic heterocycles. The fraction of sp³-hybridized carbons (Fsp3) is 0.714. The summed E-state index contributed by atoms with van der Waals surface area (Å²) in [7, 11) is 0. The van der Waals surface area contributed by atoms with Crippen molar-refractivity contribution in [2.45, 2.75) is 63.8 Å². The number of benzene rings is 1. The van der Waals surface area contributed by atoms with E-state index in [1.165, 1.54) is 76.4 Å². The van der Waals surface area contributed by atoms with Gasteiger partial charge in [-0.05, 0) is 38.4 Å². The third kappa shape index (κ3) is 6.56. The van der Waals surface area contributed by atoms with Crippen LogP contribution in [0.3, 0.4) is 0 Å². The Bertz CT molecular complexity index is 425. The fourth-order valence-electron chi connectivity index (χ4n) is 4.22. The Labute approximate surface area is 161 Å². The maximum atomic E-state index is 5.14. The SMILES string of the molecule is [Li+].c1ccc([C@H](CN2CCCCC2)[N-]CCC2CCCCC2)cc1. The van der Waals surface area contributed by atoms with Crippen LogP contribution >= 0.6 is 0 Å². The summed E-state index contributed by atoms with van der Waals surface area (Å²) in [5, 5.41) is 5.14. The van der Waals surface area contributed by atoms with Crippen molar-refractivity contribution < 1.29 is 18.9 Å². The number of piperidine rings is 1. The Kier molecular flexibility index (Phi) is 9.50. The molecule has 1 atom stereocenters. The van der Waals surface area contributed by atoms with Crippen molar-refractivity contribution in [3.63, 3.8) is 0 Å². The second-order valence-corrected chi connectivity index (χ2v) is 7.49. The van der Waals surface area contributed by atoms with Gasteiger partial charge in [-0.2, -0.15) is 0 Å². The van der Waals surface area contributed by atoms with Crippen LogP contribution in [0.15, 0.2) is 30.3 Å². The molecule has 1 saturated heterocycles. The van der Waals surface area contributed by atoms with Gasteiger partial charge in [-0.3, -0.25) is 0 Å². The van der Waals surface area contributed by atoms with Crippen molar-refractivity contribution in [3.8, 4) is 0 Å². The van der Waals surface area contributed by atoms with Crippen LogP contribution in [0.2, 0.25) is 0 Å². The van der Waals surface area contributed by atoms with Gasteiger partial charge in [0, 0.05) is 0 Å². The molecule has 2 aliphatic rings. The second kappa shape index (κ2) is 11.4. The molecule has 3 rings (SSSR count). The normalized spacial score (nSPS) is 21.2. The number of rotatable bonds is 7. The van der Waals surface area contributed by atoms with Crippen molar-refractivity contribution in [3.05, 3.63) is 41.2 Å². The van der Waals surface area contributed by atoms with E-state index in [1.807, 2.05) is 0 Å². The van der Waals surface area contributed by atoms with E-state index in [1.54, 1.807) is 0 Å². The average Bonchev–Trinajstić information content (AvgIpc) is 2.63. The van der Waals surface area contributed by atoms with E-state index in [-0.39, 0.29) is 18.9 Å². The van der Waals surface area contributed by atoms with Gasteiger partial charge in [-0.1, -0.05) is 86.9 Å². The third-order valence-electron chi connectivity index (χ3n) is 5.68. The molecule has 0 N–H and O–H groups in total. The minimum Gasteiger partial charge on any atom is -0.655 e. The topological polar surface area (TPSA) is 17.3 Å². The molecule has 24 heavy (non-hydrogen) atoms. The third-order valence-corrected chi connectivity index (χ3v) is 5.68. The molecule has 0 unspecified atom stereocenters. The minimum atomic E-state index is 0. The van der Waals surface area contributed by atoms with Gasteiger partial charge in [-0.25, -0.2) is 0 Å². The molecule has 1 aromatic carbocycles. The predicted octanol–water partition coefficient (Wildman–Crippen LogP) is 2.56. The van der Waals surface area contributed by atoms with Gasteiger partial charge < -0.3 is 10.2 Å². The quantitative estimate of drug-likeness (QED) is 0.706. The Morgan fingerprint density at radius 3 is 2.29 bits per heavy atom. The van der Waals surface area contributed by atoms with E-state index in [0.29, 0.717) is 6.04 Å². The number of likely N-dealkylation sites (tertiary alicyclic amines) is 1. The van der Waals surface area contributed by atoms with Gasteiger partial charge in [0.05, 0.1) is 0 Å². The summed E-state index contributed by atoms with van der Waals surface area (Å²) in [6.45, 7) is 4.70. The molecule has 2 nitrogen and oxygen atoms in total. The molecule has 0 spiro atoms. The van der Waals surface area contributed by atoms with Gasteiger partial charge >= 0.3 is 18.9 Å². The first-order valence-electron chi connectivity index (χ1n) is 9.86. The van der Waals surface area contributed by atoms with Gasteiger partial charge in [0.15, 0.2) is 0 Å². The van der Waals surface area contributed by atoms with Gasteiger partial charge in [-0.15, -0.1) is 6.54 Å². The average molecular weight is 320 g/mol. The van der Waals surface area contributed by atoms with Crippen LogP contribution in [-0.4, -0.2) is 31.1 Å². The molecule has 0 radical (unpaired) electrons. The summed E-state index contributed by atoms with van der Waals surface area (Å²) >= 11 is 0. The van der Waals surface area contributed by atoms with E-state index < -0.39 is 0 Å². The number of nitrogens with zero attached hydrogens (tertiary/aromatic N) is 2. The molecule has 0 amide bonds. The van der Waals surface area contributed by atoms with Crippen molar-refractivity contribution in [1.29, 1.82) is 0 Å². The van der Waals surface area contributed by atoms with Gasteiger partial charge in [0.1, 0.15) is 0 Å². The summed E-state index contributed by atoms with van der Waals surface area (Å²) in [6.07, 6.45) is 12.7. The summed E-state index contributed by atoms with van der Waals surface area (Å²) in [5.74, 6) is 0.943. The van der Waals surface area contributed by atoms with E-state index in [0.717, 1.165) is 19.0 Å². The molecule has 1 aromatic rings. The smallest absolute Gasteiger partial charge is 0.655 e. The molecule has 128 valence electrons. The molecule has 1 saturated carbocycles. The van der Waals surface area contributed by atoms with Crippen LogP contribution in [0, 0.1) is 5.92 Å². The first-order valence-corrected chi connectivity index (χ1v) is 9.86. The standard InChI is InChI=1S/C21H33N2.Li/c1-4-10-19(11-5-1)14-15-22-21(20-12-6-2-7-13-20)18-23-16-8-3-9-17-23;/h2,6-7,12-13,19,21H,1,3-5,8-11,14-18H2;/q-1;+1/t21-;/m0./s1. The van der Waals surface area contributed by atoms with Crippen molar-refractivity contribution in [2.75, 3.05) is 26.2 Å². The number of hydrogen-bond acceptors (Lipinski definition) is 1. The van der Waals surface area contributed by atoms with Crippen molar-refractivity contribution in [1.82, 2.24) is 4.90 Å². The number of hydrogen-bond donors (Lipinski definition) is 0. The molecular formula is C21H33LiN2. The van der Waals surface area contributed by atoms with Gasteiger partial charge in [0.2, 0.25) is 0 Å². The Hall–Kier alpha value is -0.263. The van der Waals surface area contributed by atoms with Crippen molar-refractivity contribution in [2.24, 2.45) is 5.92 Å². The summed E-state index contributed by atoms with van der Waals surface area (Å²) < 4.78 is 0. The van der Waals surface area contributed by atoms with Crippen molar-refractivity contribution >= 4 is 0 Å². The Morgan fingerprint density at radius 2 is 1.58 bits per heavy atom. The molecule has 1 aliphatic heterocycles. The van der Waals surface area contributed by atoms with Crippen LogP contribution in [0.4, 0.5) is 0 Å². The van der Waals surface area contributed by atoms with Gasteiger partial charge in [0.25, 0.3) is 0 Å². The van der Waals surface area contributed by atoms with Crippen LogP contribution in [-0.2, 0) is 0 Å². The summed E-state index contributed by atoms with van der Waals surface area (Å²) in [4.78, 5) is 2.63. The monoisotopic (exact) mass is 320 g/mol. The van der Waals surface area contributed by atoms with E-state index in [2.05, 4.69) is 35.2 Å². The van der Waals surface area contributed by atoms with E-state index >= 15 is 0 Å². The first kappa shape index (κ1) is 20.1. The molecule has 1 aliphatic carbocycles. The molecule has 0 bridgehead atoms. The Balaban J connectivity index is 0.00000208. The van der Waals surface area contributed by atoms with E-state index in [9.17, 15) is 0 Å². The fourth-order valence-corrected chi connectivity index (χ4v) is 4.22. The summed E-state index contributed by atoms with van der Waals surface area (Å²) in [6, 6.07) is 11.3. The molecule has 3 heteroatoms. The maximum absolute atomic E-state index is 5.14. The molecule has 1 heterocycles. The zero-order chi connectivity index (χ0) is 15.7. The predicted molar refractivity (Wildman–Crippen MR) is 98.9 cm³/mol. The molecule has 2 fully saturated rings. The minimum absolute atomic E-state index is 0. The van der Waals surface area contributed by atoms with E-state index in [4.69, 9.17) is 5.32 Å². The van der Waals surface area contributed by atoms with Crippen LogP contribution in [0.25, 0.3) is 5.32 Å². The van der Waals surface area contributed by atoms with Crippen LogP contribution < -0.4 is 18.9 Å². The zero-order valence-electron chi connectivity index (χ0n) is 15.6. The Morgan fingerprint density at radius 1 is 0.917 bits per heavy atom.